The van der Waals surface area contributed by atoms with Crippen molar-refractivity contribution in [1.29, 1.82) is 0 Å². The lowest BCUT2D eigenvalue weighted by Gasteiger charge is -2.23. The van der Waals surface area contributed by atoms with Crippen LogP contribution in [0.2, 0.25) is 0 Å². The number of alkyl carbamates (subject to hydrolysis) is 1. The SMILES string of the molecule is CC[C@@H](Oc1nc(Oc2cc(C3=NC(=O)CS3)cc(-c3cccc(CNC(=O)OC(C)(C)C)c3)c2)c(F)cc1F)C(=O)OC(C)(C)C. The number of ether oxygens (including phenoxy) is 4. The van der Waals surface area contributed by atoms with Crippen LogP contribution in [0.4, 0.5) is 13.6 Å². The fraction of sp³-hybridized carbons (Fsp3) is 0.382. The summed E-state index contributed by atoms with van der Waals surface area (Å²) in [7, 11) is 0. The van der Waals surface area contributed by atoms with Crippen LogP contribution in [0.1, 0.15) is 66.0 Å². The lowest BCUT2D eigenvalue weighted by Crippen LogP contribution is -2.35. The molecule has 2 amide bonds. The van der Waals surface area contributed by atoms with E-state index in [-0.39, 0.29) is 30.4 Å². The molecule has 1 aromatic heterocycles. The molecule has 0 aliphatic carbocycles. The molecular weight excluding hydrogens is 632 g/mol. The number of hydrogen-bond acceptors (Lipinski definition) is 9. The van der Waals surface area contributed by atoms with Crippen molar-refractivity contribution < 1.29 is 42.1 Å². The van der Waals surface area contributed by atoms with Crippen LogP contribution in [0.3, 0.4) is 0 Å². The van der Waals surface area contributed by atoms with Crippen molar-refractivity contribution in [3.05, 3.63) is 71.3 Å². The molecule has 1 aliphatic rings. The predicted octanol–water partition coefficient (Wildman–Crippen LogP) is 7.36. The normalized spacial score (nSPS) is 13.9. The fourth-order valence-corrected chi connectivity index (χ4v) is 5.03. The van der Waals surface area contributed by atoms with Crippen LogP contribution >= 0.6 is 11.8 Å². The average molecular weight is 670 g/mol. The molecule has 13 heteroatoms. The third-order valence-corrected chi connectivity index (χ3v) is 7.17. The highest BCUT2D eigenvalue weighted by Gasteiger charge is 2.28. The van der Waals surface area contributed by atoms with E-state index in [9.17, 15) is 18.8 Å². The van der Waals surface area contributed by atoms with Gasteiger partial charge >= 0.3 is 12.1 Å². The fourth-order valence-electron chi connectivity index (χ4n) is 4.25. The van der Waals surface area contributed by atoms with Crippen LogP contribution < -0.4 is 14.8 Å². The van der Waals surface area contributed by atoms with Crippen molar-refractivity contribution in [3.8, 4) is 28.6 Å². The van der Waals surface area contributed by atoms with Gasteiger partial charge in [0.2, 0.25) is 0 Å². The Kier molecular flexibility index (Phi) is 10.9. The van der Waals surface area contributed by atoms with E-state index in [0.29, 0.717) is 22.2 Å². The minimum Gasteiger partial charge on any atom is -0.460 e. The summed E-state index contributed by atoms with van der Waals surface area (Å²) in [6.07, 6.45) is -1.62. The number of rotatable bonds is 10. The first-order valence-corrected chi connectivity index (χ1v) is 15.9. The van der Waals surface area contributed by atoms with E-state index in [1.165, 1.54) is 11.8 Å². The smallest absolute Gasteiger partial charge is 0.407 e. The number of esters is 1. The molecule has 3 aromatic rings. The van der Waals surface area contributed by atoms with E-state index in [4.69, 9.17) is 18.9 Å². The summed E-state index contributed by atoms with van der Waals surface area (Å²) in [5, 5.41) is 3.17. The molecule has 0 radical (unpaired) electrons. The highest BCUT2D eigenvalue weighted by Crippen LogP contribution is 2.34. The molecule has 10 nitrogen and oxygen atoms in total. The molecule has 1 N–H and O–H groups in total. The van der Waals surface area contributed by atoms with Crippen molar-refractivity contribution in [1.82, 2.24) is 10.3 Å². The van der Waals surface area contributed by atoms with Crippen LogP contribution in [-0.2, 0) is 25.6 Å². The molecule has 0 saturated carbocycles. The van der Waals surface area contributed by atoms with Gasteiger partial charge in [0.05, 0.1) is 5.75 Å². The van der Waals surface area contributed by atoms with Crippen LogP contribution in [0, 0.1) is 11.6 Å². The summed E-state index contributed by atoms with van der Waals surface area (Å²) in [5.41, 5.74) is 1.18. The number of nitrogens with one attached hydrogen (secondary N) is 1. The van der Waals surface area contributed by atoms with Gasteiger partial charge in [-0.05, 0) is 88.9 Å². The third kappa shape index (κ3) is 10.2. The second-order valence-corrected chi connectivity index (χ2v) is 13.6. The van der Waals surface area contributed by atoms with Gasteiger partial charge in [0.15, 0.2) is 17.7 Å². The zero-order valence-corrected chi connectivity index (χ0v) is 28.1. The first-order valence-electron chi connectivity index (χ1n) is 14.9. The number of amides is 2. The Morgan fingerprint density at radius 3 is 2.23 bits per heavy atom. The molecule has 0 unspecified atom stereocenters. The summed E-state index contributed by atoms with van der Waals surface area (Å²) in [6.45, 7) is 12.2. The van der Waals surface area contributed by atoms with E-state index >= 15 is 4.39 Å². The average Bonchev–Trinajstić information content (AvgIpc) is 3.41. The Hall–Kier alpha value is -4.52. The van der Waals surface area contributed by atoms with Crippen molar-refractivity contribution in [3.63, 3.8) is 0 Å². The lowest BCUT2D eigenvalue weighted by atomic mass is 10.0. The lowest BCUT2D eigenvalue weighted by molar-refractivity contribution is -0.163. The molecule has 1 atom stereocenters. The molecule has 0 bridgehead atoms. The number of aliphatic imine (C=N–C) groups is 1. The molecule has 0 spiro atoms. The Labute approximate surface area is 276 Å². The zero-order chi connectivity index (χ0) is 34.5. The number of carbonyl (C=O) groups excluding carboxylic acids is 3. The Bertz CT molecular complexity index is 1700. The molecule has 250 valence electrons. The second kappa shape index (κ2) is 14.5. The van der Waals surface area contributed by atoms with Gasteiger partial charge in [0, 0.05) is 18.2 Å². The van der Waals surface area contributed by atoms with Crippen LogP contribution in [0.5, 0.6) is 17.5 Å². The monoisotopic (exact) mass is 669 g/mol. The van der Waals surface area contributed by atoms with E-state index in [1.54, 1.807) is 72.7 Å². The van der Waals surface area contributed by atoms with E-state index in [1.807, 2.05) is 18.2 Å². The summed E-state index contributed by atoms with van der Waals surface area (Å²) in [4.78, 5) is 44.7. The van der Waals surface area contributed by atoms with Gasteiger partial charge < -0.3 is 24.3 Å². The van der Waals surface area contributed by atoms with Gasteiger partial charge in [-0.1, -0.05) is 36.9 Å². The van der Waals surface area contributed by atoms with Crippen molar-refractivity contribution >= 4 is 34.8 Å². The van der Waals surface area contributed by atoms with Gasteiger partial charge in [-0.25, -0.2) is 23.4 Å². The van der Waals surface area contributed by atoms with E-state index in [2.05, 4.69) is 15.3 Å². The van der Waals surface area contributed by atoms with Crippen LogP contribution in [0.15, 0.2) is 53.5 Å². The number of hydrogen-bond donors (Lipinski definition) is 1. The van der Waals surface area contributed by atoms with Gasteiger partial charge in [-0.15, -0.1) is 0 Å². The van der Waals surface area contributed by atoms with Gasteiger partial charge in [-0.2, -0.15) is 4.98 Å². The second-order valence-electron chi connectivity index (χ2n) is 12.6. The van der Waals surface area contributed by atoms with Crippen molar-refractivity contribution in [2.75, 3.05) is 5.75 Å². The maximum atomic E-state index is 15.0. The molecule has 2 aromatic carbocycles. The van der Waals surface area contributed by atoms with Crippen LogP contribution in [-0.4, -0.2) is 51.1 Å². The number of carbonyl (C=O) groups is 3. The standard InChI is InChI=1S/C34H37F2N3O7S/c1-8-26(31(41)45-33(2,3)4)44-29-25(36)16-24(35)28(39-29)43-23-14-21(13-22(15-23)30-38-27(40)18-47-30)20-11-9-10-19(12-20)17-37-32(42)46-34(5,6)7/h9-16,26H,8,17-18H2,1-7H3,(H,37,42)/t26-/m1/s1. The first-order chi connectivity index (χ1) is 22.0. The molecular formula is C34H37F2N3O7S. The minimum atomic E-state index is -1.20. The topological polar surface area (TPSA) is 125 Å². The minimum absolute atomic E-state index is 0.112. The molecule has 0 saturated heterocycles. The Morgan fingerprint density at radius 2 is 1.60 bits per heavy atom. The molecule has 47 heavy (non-hydrogen) atoms. The summed E-state index contributed by atoms with van der Waals surface area (Å²) >= 11 is 1.25. The quantitative estimate of drug-likeness (QED) is 0.220. The maximum absolute atomic E-state index is 15.0. The van der Waals surface area contributed by atoms with E-state index < -0.39 is 52.8 Å². The third-order valence-electron chi connectivity index (χ3n) is 6.18. The van der Waals surface area contributed by atoms with Gasteiger partial charge in [-0.3, -0.25) is 4.79 Å². The predicted molar refractivity (Wildman–Crippen MR) is 174 cm³/mol. The number of nitrogens with zero attached hydrogens (tertiary/aromatic N) is 2. The maximum Gasteiger partial charge on any atom is 0.407 e. The van der Waals surface area contributed by atoms with E-state index in [0.717, 1.165) is 11.1 Å². The molecule has 4 rings (SSSR count). The van der Waals surface area contributed by atoms with Gasteiger partial charge in [0.25, 0.3) is 17.7 Å². The zero-order valence-electron chi connectivity index (χ0n) is 27.2. The number of benzene rings is 2. The molecule has 0 fully saturated rings. The molecule has 1 aliphatic heterocycles. The largest absolute Gasteiger partial charge is 0.460 e. The summed E-state index contributed by atoms with van der Waals surface area (Å²) in [6, 6.07) is 12.8. The summed E-state index contributed by atoms with van der Waals surface area (Å²) in [5.74, 6) is -4.20. The summed E-state index contributed by atoms with van der Waals surface area (Å²) < 4.78 is 51.8. The molecule has 2 heterocycles. The van der Waals surface area contributed by atoms with Crippen molar-refractivity contribution in [2.45, 2.75) is 78.7 Å². The number of aromatic nitrogens is 1. The highest BCUT2D eigenvalue weighted by molar-refractivity contribution is 8.15. The number of halogens is 2. The Morgan fingerprint density at radius 1 is 0.915 bits per heavy atom. The number of pyridine rings is 1. The van der Waals surface area contributed by atoms with Gasteiger partial charge in [0.1, 0.15) is 22.0 Å². The van der Waals surface area contributed by atoms with Crippen molar-refractivity contribution in [2.24, 2.45) is 4.99 Å². The highest BCUT2D eigenvalue weighted by atomic mass is 32.2. The Balaban J connectivity index is 1.65. The first kappa shape index (κ1) is 35.3. The number of thioether (sulfide) groups is 1. The van der Waals surface area contributed by atoms with Crippen LogP contribution in [0.25, 0.3) is 11.1 Å².